The van der Waals surface area contributed by atoms with E-state index >= 15 is 0 Å². The van der Waals surface area contributed by atoms with Crippen molar-refractivity contribution in [1.82, 2.24) is 14.7 Å². The molecule has 154 valence electrons. The molecule has 1 aliphatic rings. The molecule has 1 amide bonds. The molecule has 26 heavy (non-hydrogen) atoms. The van der Waals surface area contributed by atoms with E-state index in [9.17, 15) is 18.0 Å². The summed E-state index contributed by atoms with van der Waals surface area (Å²) in [5.74, 6) is 0.645. The van der Waals surface area contributed by atoms with Crippen molar-refractivity contribution in [3.8, 4) is 0 Å². The van der Waals surface area contributed by atoms with Crippen LogP contribution in [-0.4, -0.2) is 79.1 Å². The number of carbonyl (C=O) groups is 1. The van der Waals surface area contributed by atoms with Gasteiger partial charge >= 0.3 is 6.18 Å². The van der Waals surface area contributed by atoms with Gasteiger partial charge in [0.05, 0.1) is 6.04 Å². The normalized spacial score (nSPS) is 19.9. The minimum atomic E-state index is -4.21. The average Bonchev–Trinajstić information content (AvgIpc) is 2.52. The molecule has 7 heteroatoms. The van der Waals surface area contributed by atoms with Crippen molar-refractivity contribution < 1.29 is 18.0 Å². The number of hydrogen-bond acceptors (Lipinski definition) is 3. The maximum Gasteiger partial charge on any atom is 0.403 e. The maximum atomic E-state index is 12.8. The van der Waals surface area contributed by atoms with Gasteiger partial charge in [-0.2, -0.15) is 13.2 Å². The third-order valence-corrected chi connectivity index (χ3v) is 5.60. The van der Waals surface area contributed by atoms with Crippen LogP contribution < -0.4 is 0 Å². The summed E-state index contributed by atoms with van der Waals surface area (Å²) in [5, 5.41) is 0. The van der Waals surface area contributed by atoms with Crippen LogP contribution in [0.1, 0.15) is 47.0 Å². The van der Waals surface area contributed by atoms with Crippen LogP contribution >= 0.6 is 0 Å². The van der Waals surface area contributed by atoms with E-state index < -0.39 is 12.2 Å². The Morgan fingerprint density at radius 3 is 2.19 bits per heavy atom. The van der Waals surface area contributed by atoms with Crippen LogP contribution in [0.3, 0.4) is 0 Å². The molecule has 3 atom stereocenters. The Kier molecular flexibility index (Phi) is 8.86. The van der Waals surface area contributed by atoms with Crippen molar-refractivity contribution in [2.45, 2.75) is 65.2 Å². The molecule has 1 aliphatic heterocycles. The van der Waals surface area contributed by atoms with Crippen molar-refractivity contribution in [1.29, 1.82) is 0 Å². The van der Waals surface area contributed by atoms with E-state index in [-0.39, 0.29) is 17.9 Å². The molecule has 1 saturated heterocycles. The summed E-state index contributed by atoms with van der Waals surface area (Å²) >= 11 is 0. The third-order valence-electron chi connectivity index (χ3n) is 5.60. The molecule has 0 aromatic heterocycles. The minimum absolute atomic E-state index is 0.0447. The Bertz CT molecular complexity index is 438. The van der Waals surface area contributed by atoms with E-state index in [0.29, 0.717) is 25.3 Å². The van der Waals surface area contributed by atoms with E-state index in [1.807, 2.05) is 18.9 Å². The van der Waals surface area contributed by atoms with Crippen LogP contribution in [0.25, 0.3) is 0 Å². The van der Waals surface area contributed by atoms with Gasteiger partial charge in [-0.3, -0.25) is 9.69 Å². The molecule has 0 radical (unpaired) electrons. The number of hydrogen-bond donors (Lipinski definition) is 0. The number of nitrogens with zero attached hydrogens (tertiary/aromatic N) is 3. The van der Waals surface area contributed by atoms with Crippen LogP contribution in [0.2, 0.25) is 0 Å². The zero-order valence-electron chi connectivity index (χ0n) is 17.1. The highest BCUT2D eigenvalue weighted by Crippen LogP contribution is 2.25. The van der Waals surface area contributed by atoms with E-state index in [4.69, 9.17) is 0 Å². The summed E-state index contributed by atoms with van der Waals surface area (Å²) in [6.07, 6.45) is -2.16. The van der Waals surface area contributed by atoms with Gasteiger partial charge in [0.1, 0.15) is 6.04 Å². The fraction of sp³-hybridized carbons (Fsp3) is 0.947. The van der Waals surface area contributed by atoms with Gasteiger partial charge in [-0.25, -0.2) is 0 Å². The molecule has 0 N–H and O–H groups in total. The predicted molar refractivity (Wildman–Crippen MR) is 99.0 cm³/mol. The molecule has 1 heterocycles. The summed E-state index contributed by atoms with van der Waals surface area (Å²) in [6.45, 7) is 10.3. The zero-order chi connectivity index (χ0) is 20.1. The van der Waals surface area contributed by atoms with Gasteiger partial charge in [0.15, 0.2) is 0 Å². The Balaban J connectivity index is 2.50. The number of amides is 1. The van der Waals surface area contributed by atoms with Crippen LogP contribution in [0, 0.1) is 11.8 Å². The van der Waals surface area contributed by atoms with Gasteiger partial charge in [0.2, 0.25) is 5.91 Å². The first kappa shape index (κ1) is 23.2. The van der Waals surface area contributed by atoms with Crippen LogP contribution in [0.15, 0.2) is 0 Å². The van der Waals surface area contributed by atoms with Gasteiger partial charge in [-0.15, -0.1) is 0 Å². The van der Waals surface area contributed by atoms with Gasteiger partial charge < -0.3 is 9.80 Å². The first-order valence-corrected chi connectivity index (χ1v) is 9.70. The lowest BCUT2D eigenvalue weighted by Gasteiger charge is -2.44. The SMILES string of the molecule is CCC(C)CN(C(=O)CCC(C)CN(C)C(C)C(F)(F)F)C1CN(C)C1. The smallest absolute Gasteiger partial charge is 0.337 e. The average molecular weight is 380 g/mol. The van der Waals surface area contributed by atoms with Crippen molar-refractivity contribution in [3.05, 3.63) is 0 Å². The molecule has 0 aromatic rings. The molecule has 0 spiro atoms. The first-order valence-electron chi connectivity index (χ1n) is 9.70. The molecule has 4 nitrogen and oxygen atoms in total. The molecule has 0 saturated carbocycles. The molecular weight excluding hydrogens is 343 g/mol. The van der Waals surface area contributed by atoms with Gasteiger partial charge in [-0.05, 0) is 39.3 Å². The number of rotatable bonds is 10. The first-order chi connectivity index (χ1) is 12.0. The van der Waals surface area contributed by atoms with Crippen LogP contribution in [0.5, 0.6) is 0 Å². The topological polar surface area (TPSA) is 26.8 Å². The Morgan fingerprint density at radius 2 is 1.73 bits per heavy atom. The summed E-state index contributed by atoms with van der Waals surface area (Å²) in [7, 11) is 3.54. The highest BCUT2D eigenvalue weighted by molar-refractivity contribution is 5.76. The van der Waals surface area contributed by atoms with E-state index in [1.165, 1.54) is 18.9 Å². The molecule has 1 fully saturated rings. The van der Waals surface area contributed by atoms with Gasteiger partial charge in [-0.1, -0.05) is 27.2 Å². The second kappa shape index (κ2) is 9.93. The number of likely N-dealkylation sites (tertiary alicyclic amines) is 1. The zero-order valence-corrected chi connectivity index (χ0v) is 17.1. The lowest BCUT2D eigenvalue weighted by atomic mass is 10.00. The Labute approximate surface area is 156 Å². The van der Waals surface area contributed by atoms with Crippen molar-refractivity contribution in [2.75, 3.05) is 40.3 Å². The van der Waals surface area contributed by atoms with Crippen molar-refractivity contribution >= 4 is 5.91 Å². The fourth-order valence-electron chi connectivity index (χ4n) is 3.29. The Morgan fingerprint density at radius 1 is 1.15 bits per heavy atom. The largest absolute Gasteiger partial charge is 0.403 e. The summed E-state index contributed by atoms with van der Waals surface area (Å²) in [6, 6.07) is -1.18. The summed E-state index contributed by atoms with van der Waals surface area (Å²) in [5.41, 5.74) is 0. The van der Waals surface area contributed by atoms with E-state index in [1.54, 1.807) is 0 Å². The quantitative estimate of drug-likeness (QED) is 0.581. The molecule has 0 aliphatic carbocycles. The summed E-state index contributed by atoms with van der Waals surface area (Å²) < 4.78 is 38.4. The fourth-order valence-corrected chi connectivity index (χ4v) is 3.29. The highest BCUT2D eigenvalue weighted by atomic mass is 19.4. The van der Waals surface area contributed by atoms with Gasteiger partial charge in [0.25, 0.3) is 0 Å². The number of halogens is 3. The van der Waals surface area contributed by atoms with Gasteiger partial charge in [0, 0.05) is 32.6 Å². The minimum Gasteiger partial charge on any atom is -0.337 e. The molecule has 0 bridgehead atoms. The molecule has 3 unspecified atom stereocenters. The summed E-state index contributed by atoms with van der Waals surface area (Å²) in [4.78, 5) is 18.3. The molecule has 0 aromatic carbocycles. The Hall–Kier alpha value is -0.820. The second-order valence-electron chi connectivity index (χ2n) is 8.24. The number of likely N-dealkylation sites (N-methyl/N-ethyl adjacent to an activating group) is 1. The van der Waals surface area contributed by atoms with Crippen LogP contribution in [0.4, 0.5) is 13.2 Å². The monoisotopic (exact) mass is 379 g/mol. The lowest BCUT2D eigenvalue weighted by Crippen LogP contribution is -2.60. The highest BCUT2D eigenvalue weighted by Gasteiger charge is 2.39. The number of carbonyl (C=O) groups excluding carboxylic acids is 1. The van der Waals surface area contributed by atoms with E-state index in [0.717, 1.165) is 26.1 Å². The van der Waals surface area contributed by atoms with Crippen LogP contribution in [-0.2, 0) is 4.79 Å². The van der Waals surface area contributed by atoms with Crippen molar-refractivity contribution in [3.63, 3.8) is 0 Å². The number of alkyl halides is 3. The third kappa shape index (κ3) is 7.06. The molecule has 1 rings (SSSR count). The molecular formula is C19H36F3N3O. The standard InChI is InChI=1S/C19H36F3N3O/c1-7-14(2)11-25(17-12-23(5)13-17)18(26)9-8-15(3)10-24(6)16(4)19(20,21)22/h14-17H,7-13H2,1-6H3. The van der Waals surface area contributed by atoms with Crippen molar-refractivity contribution in [2.24, 2.45) is 11.8 Å². The predicted octanol–water partition coefficient (Wildman–Crippen LogP) is 3.47. The lowest BCUT2D eigenvalue weighted by molar-refractivity contribution is -0.176. The van der Waals surface area contributed by atoms with E-state index in [2.05, 4.69) is 18.7 Å². The second-order valence-corrected chi connectivity index (χ2v) is 8.24. The maximum absolute atomic E-state index is 12.8.